The topological polar surface area (TPSA) is 33.0 Å². The van der Waals surface area contributed by atoms with Crippen LogP contribution in [0.3, 0.4) is 0 Å². The Hall–Kier alpha value is -1.79. The largest absolute Gasteiger partial charge is 0.456 e. The van der Waals surface area contributed by atoms with Crippen molar-refractivity contribution in [2.45, 2.75) is 13.8 Å². The molecule has 0 fully saturated rings. The lowest BCUT2D eigenvalue weighted by Crippen LogP contribution is -1.90. The van der Waals surface area contributed by atoms with E-state index in [0.717, 1.165) is 21.3 Å². The Balaban J connectivity index is 2.34. The quantitative estimate of drug-likeness (QED) is 0.803. The number of nitriles is 1. The maximum Gasteiger partial charge on any atom is 0.141 e. The molecule has 2 aromatic rings. The Labute approximate surface area is 115 Å². The average Bonchev–Trinajstić information content (AvgIpc) is 2.36. The zero-order valence-corrected chi connectivity index (χ0v) is 11.8. The third-order valence-corrected chi connectivity index (χ3v) is 3.24. The van der Waals surface area contributed by atoms with Gasteiger partial charge in [0.2, 0.25) is 0 Å². The number of benzene rings is 2. The van der Waals surface area contributed by atoms with Crippen molar-refractivity contribution in [2.75, 3.05) is 0 Å². The first-order valence-corrected chi connectivity index (χ1v) is 6.34. The zero-order valence-electron chi connectivity index (χ0n) is 10.2. The molecule has 0 bridgehead atoms. The van der Waals surface area contributed by atoms with E-state index in [9.17, 15) is 0 Å². The number of ether oxygens (including phenoxy) is 1. The average molecular weight is 302 g/mol. The summed E-state index contributed by atoms with van der Waals surface area (Å²) < 4.78 is 6.64. The number of aryl methyl sites for hydroxylation is 2. The second-order valence-corrected chi connectivity index (χ2v) is 4.98. The molecule has 0 aliphatic heterocycles. The van der Waals surface area contributed by atoms with Crippen molar-refractivity contribution in [3.63, 3.8) is 0 Å². The molecule has 0 saturated heterocycles. The predicted octanol–water partition coefficient (Wildman–Crippen LogP) is 4.73. The molecule has 0 aliphatic rings. The molecule has 2 rings (SSSR count). The van der Waals surface area contributed by atoms with Gasteiger partial charge in [-0.3, -0.25) is 0 Å². The van der Waals surface area contributed by atoms with Gasteiger partial charge in [-0.2, -0.15) is 5.26 Å². The third-order valence-electron chi connectivity index (χ3n) is 2.62. The fourth-order valence-corrected chi connectivity index (χ4v) is 2.05. The lowest BCUT2D eigenvalue weighted by atomic mass is 10.1. The van der Waals surface area contributed by atoms with Crippen molar-refractivity contribution in [3.8, 4) is 17.6 Å². The van der Waals surface area contributed by atoms with Gasteiger partial charge < -0.3 is 4.74 Å². The summed E-state index contributed by atoms with van der Waals surface area (Å²) in [5.74, 6) is 1.54. The van der Waals surface area contributed by atoms with Gasteiger partial charge in [0, 0.05) is 0 Å². The SMILES string of the molecule is Cc1ccc(C)c(Oc2ccc(C#N)cc2Br)c1. The van der Waals surface area contributed by atoms with E-state index in [-0.39, 0.29) is 0 Å². The lowest BCUT2D eigenvalue weighted by Gasteiger charge is -2.11. The standard InChI is InChI=1S/C15H12BrNO/c1-10-3-4-11(2)15(7-10)18-14-6-5-12(9-17)8-13(14)16/h3-8H,1-2H3. The normalized spacial score (nSPS) is 9.89. The van der Waals surface area contributed by atoms with Crippen molar-refractivity contribution in [3.05, 3.63) is 57.6 Å². The van der Waals surface area contributed by atoms with Gasteiger partial charge in [-0.1, -0.05) is 12.1 Å². The molecular weight excluding hydrogens is 290 g/mol. The fraction of sp³-hybridized carbons (Fsp3) is 0.133. The monoisotopic (exact) mass is 301 g/mol. The molecule has 0 heterocycles. The molecule has 0 aromatic heterocycles. The van der Waals surface area contributed by atoms with Gasteiger partial charge in [0.15, 0.2) is 0 Å². The van der Waals surface area contributed by atoms with Crippen LogP contribution in [0.2, 0.25) is 0 Å². The van der Waals surface area contributed by atoms with Crippen molar-refractivity contribution < 1.29 is 4.74 Å². The summed E-state index contributed by atoms with van der Waals surface area (Å²) in [5, 5.41) is 8.81. The molecule has 0 amide bonds. The Morgan fingerprint density at radius 2 is 1.83 bits per heavy atom. The first-order valence-electron chi connectivity index (χ1n) is 5.55. The summed E-state index contributed by atoms with van der Waals surface area (Å²) in [6.45, 7) is 4.03. The van der Waals surface area contributed by atoms with Crippen LogP contribution >= 0.6 is 15.9 Å². The van der Waals surface area contributed by atoms with Crippen LogP contribution in [0.25, 0.3) is 0 Å². The molecule has 2 aromatic carbocycles. The minimum Gasteiger partial charge on any atom is -0.456 e. The van der Waals surface area contributed by atoms with Gasteiger partial charge in [0.05, 0.1) is 16.1 Å². The molecule has 3 heteroatoms. The minimum atomic E-state index is 0.607. The third kappa shape index (κ3) is 2.72. The summed E-state index contributed by atoms with van der Waals surface area (Å²) in [7, 11) is 0. The number of halogens is 1. The molecule has 18 heavy (non-hydrogen) atoms. The van der Waals surface area contributed by atoms with Gasteiger partial charge in [0.1, 0.15) is 11.5 Å². The van der Waals surface area contributed by atoms with Crippen LogP contribution in [0.1, 0.15) is 16.7 Å². The first-order chi connectivity index (χ1) is 8.60. The second kappa shape index (κ2) is 5.24. The van der Waals surface area contributed by atoms with E-state index in [1.807, 2.05) is 26.0 Å². The van der Waals surface area contributed by atoms with Crippen LogP contribution < -0.4 is 4.74 Å². The Morgan fingerprint density at radius 1 is 1.06 bits per heavy atom. The fourth-order valence-electron chi connectivity index (χ4n) is 1.59. The number of hydrogen-bond acceptors (Lipinski definition) is 2. The maximum absolute atomic E-state index is 8.81. The lowest BCUT2D eigenvalue weighted by molar-refractivity contribution is 0.475. The van der Waals surface area contributed by atoms with Crippen LogP contribution in [0.15, 0.2) is 40.9 Å². The molecule has 0 N–H and O–H groups in total. The van der Waals surface area contributed by atoms with E-state index in [2.05, 4.69) is 28.1 Å². The van der Waals surface area contributed by atoms with Crippen LogP contribution in [-0.4, -0.2) is 0 Å². The molecule has 0 saturated carbocycles. The van der Waals surface area contributed by atoms with E-state index < -0.39 is 0 Å². The molecule has 0 unspecified atom stereocenters. The first kappa shape index (κ1) is 12.7. The summed E-state index contributed by atoms with van der Waals surface area (Å²) in [6, 6.07) is 13.5. The van der Waals surface area contributed by atoms with E-state index in [4.69, 9.17) is 10.00 Å². The Kier molecular flexibility index (Phi) is 3.69. The number of nitrogens with zero attached hydrogens (tertiary/aromatic N) is 1. The van der Waals surface area contributed by atoms with E-state index in [1.54, 1.807) is 18.2 Å². The summed E-state index contributed by atoms with van der Waals surface area (Å²) in [5.41, 5.74) is 2.84. The van der Waals surface area contributed by atoms with Gasteiger partial charge in [-0.05, 0) is 65.2 Å². The van der Waals surface area contributed by atoms with Gasteiger partial charge in [0.25, 0.3) is 0 Å². The molecule has 0 radical (unpaired) electrons. The van der Waals surface area contributed by atoms with Crippen LogP contribution in [0.5, 0.6) is 11.5 Å². The van der Waals surface area contributed by atoms with E-state index in [0.29, 0.717) is 11.3 Å². The maximum atomic E-state index is 8.81. The van der Waals surface area contributed by atoms with Gasteiger partial charge in [-0.15, -0.1) is 0 Å². The minimum absolute atomic E-state index is 0.607. The number of hydrogen-bond donors (Lipinski definition) is 0. The van der Waals surface area contributed by atoms with E-state index in [1.165, 1.54) is 0 Å². The zero-order chi connectivity index (χ0) is 13.1. The molecule has 90 valence electrons. The highest BCUT2D eigenvalue weighted by molar-refractivity contribution is 9.10. The van der Waals surface area contributed by atoms with Crippen LogP contribution in [0, 0.1) is 25.2 Å². The Bertz CT molecular complexity index is 629. The predicted molar refractivity (Wildman–Crippen MR) is 74.8 cm³/mol. The molecular formula is C15H12BrNO. The summed E-state index contributed by atoms with van der Waals surface area (Å²) in [6.07, 6.45) is 0. The van der Waals surface area contributed by atoms with Gasteiger partial charge in [-0.25, -0.2) is 0 Å². The van der Waals surface area contributed by atoms with Crippen molar-refractivity contribution >= 4 is 15.9 Å². The highest BCUT2D eigenvalue weighted by Gasteiger charge is 2.06. The molecule has 0 atom stereocenters. The molecule has 0 aliphatic carbocycles. The van der Waals surface area contributed by atoms with Crippen molar-refractivity contribution in [2.24, 2.45) is 0 Å². The van der Waals surface area contributed by atoms with Crippen molar-refractivity contribution in [1.29, 1.82) is 5.26 Å². The summed E-state index contributed by atoms with van der Waals surface area (Å²) in [4.78, 5) is 0. The summed E-state index contributed by atoms with van der Waals surface area (Å²) >= 11 is 3.41. The van der Waals surface area contributed by atoms with Gasteiger partial charge >= 0.3 is 0 Å². The van der Waals surface area contributed by atoms with E-state index >= 15 is 0 Å². The number of rotatable bonds is 2. The Morgan fingerprint density at radius 3 is 2.50 bits per heavy atom. The highest BCUT2D eigenvalue weighted by atomic mass is 79.9. The smallest absolute Gasteiger partial charge is 0.141 e. The molecule has 0 spiro atoms. The highest BCUT2D eigenvalue weighted by Crippen LogP contribution is 2.32. The second-order valence-electron chi connectivity index (χ2n) is 4.13. The molecule has 2 nitrogen and oxygen atoms in total. The van der Waals surface area contributed by atoms with Crippen molar-refractivity contribution in [1.82, 2.24) is 0 Å². The van der Waals surface area contributed by atoms with Crippen LogP contribution in [-0.2, 0) is 0 Å². The van der Waals surface area contributed by atoms with Crippen LogP contribution in [0.4, 0.5) is 0 Å².